The molecule has 5 N–H and O–H groups in total. The van der Waals surface area contributed by atoms with E-state index in [0.29, 0.717) is 5.69 Å². The second-order valence-corrected chi connectivity index (χ2v) is 7.63. The zero-order valence-corrected chi connectivity index (χ0v) is 15.7. The van der Waals surface area contributed by atoms with Gasteiger partial charge in [0, 0.05) is 23.9 Å². The summed E-state index contributed by atoms with van der Waals surface area (Å²) in [5.74, 6) is 0.0727. The molecule has 0 radical (unpaired) electrons. The SMILES string of the molecule is Cc1cn([C@H]2C[C@H](OP(=O)(O)Oc3ccc(N)cc3)[C@@H](CO)O2)c(=O)[nH]c1=O. The summed E-state index contributed by atoms with van der Waals surface area (Å²) in [5.41, 5.74) is 5.06. The molecule has 0 amide bonds. The van der Waals surface area contributed by atoms with Crippen LogP contribution in [0.2, 0.25) is 0 Å². The van der Waals surface area contributed by atoms with Crippen molar-refractivity contribution >= 4 is 13.5 Å². The van der Waals surface area contributed by atoms with E-state index in [-0.39, 0.29) is 17.7 Å². The van der Waals surface area contributed by atoms with Gasteiger partial charge in [-0.25, -0.2) is 9.36 Å². The fourth-order valence-corrected chi connectivity index (χ4v) is 3.80. The first-order valence-corrected chi connectivity index (χ1v) is 9.83. The van der Waals surface area contributed by atoms with Crippen molar-refractivity contribution in [2.45, 2.75) is 31.8 Å². The molecule has 3 rings (SSSR count). The van der Waals surface area contributed by atoms with Crippen molar-refractivity contribution in [1.82, 2.24) is 9.55 Å². The highest BCUT2D eigenvalue weighted by atomic mass is 31.2. The maximum atomic E-state index is 12.3. The van der Waals surface area contributed by atoms with Crippen molar-refractivity contribution in [2.75, 3.05) is 12.3 Å². The number of rotatable bonds is 6. The number of nitrogen functional groups attached to an aromatic ring is 1. The van der Waals surface area contributed by atoms with Gasteiger partial charge in [-0.15, -0.1) is 0 Å². The maximum Gasteiger partial charge on any atom is 0.527 e. The zero-order chi connectivity index (χ0) is 20.5. The molecule has 2 heterocycles. The van der Waals surface area contributed by atoms with E-state index < -0.39 is 44.1 Å². The molecule has 4 atom stereocenters. The molecule has 2 aromatic rings. The van der Waals surface area contributed by atoms with E-state index in [1.54, 1.807) is 0 Å². The first-order chi connectivity index (χ1) is 13.2. The molecule has 0 spiro atoms. The first kappa shape index (κ1) is 20.3. The number of aromatic nitrogens is 2. The number of phosphoric ester groups is 1. The highest BCUT2D eigenvalue weighted by molar-refractivity contribution is 7.47. The number of hydrogen-bond donors (Lipinski definition) is 4. The Morgan fingerprint density at radius 3 is 2.68 bits per heavy atom. The average molecular weight is 413 g/mol. The van der Waals surface area contributed by atoms with Crippen molar-refractivity contribution < 1.29 is 28.3 Å². The van der Waals surface area contributed by atoms with Crippen molar-refractivity contribution in [2.24, 2.45) is 0 Å². The van der Waals surface area contributed by atoms with Crippen LogP contribution in [0.4, 0.5) is 5.69 Å². The van der Waals surface area contributed by atoms with E-state index in [1.165, 1.54) is 37.4 Å². The van der Waals surface area contributed by atoms with Gasteiger partial charge in [-0.2, -0.15) is 0 Å². The monoisotopic (exact) mass is 413 g/mol. The molecule has 152 valence electrons. The van der Waals surface area contributed by atoms with Gasteiger partial charge in [-0.3, -0.25) is 23.8 Å². The Hall–Kier alpha value is -2.43. The van der Waals surface area contributed by atoms with Gasteiger partial charge in [0.05, 0.1) is 6.61 Å². The lowest BCUT2D eigenvalue weighted by Gasteiger charge is -2.20. The summed E-state index contributed by atoms with van der Waals surface area (Å²) in [6.45, 7) is 1.00. The van der Waals surface area contributed by atoms with Gasteiger partial charge in [0.1, 0.15) is 24.2 Å². The normalized spacial score (nSPS) is 24.0. The summed E-state index contributed by atoms with van der Waals surface area (Å²) in [7, 11) is -4.55. The Bertz CT molecular complexity index is 1000. The molecule has 0 aliphatic carbocycles. The Morgan fingerprint density at radius 1 is 1.36 bits per heavy atom. The molecule has 12 heteroatoms. The van der Waals surface area contributed by atoms with Crippen LogP contribution in [-0.4, -0.2) is 38.4 Å². The number of aliphatic hydroxyl groups is 1. The molecule has 11 nitrogen and oxygen atoms in total. The number of nitrogens with one attached hydrogen (secondary N) is 1. The molecule has 1 aliphatic rings. The summed E-state index contributed by atoms with van der Waals surface area (Å²) in [5, 5.41) is 9.51. The predicted octanol–water partition coefficient (Wildman–Crippen LogP) is 0.272. The third-order valence-corrected chi connectivity index (χ3v) is 5.16. The second-order valence-electron chi connectivity index (χ2n) is 6.30. The molecule has 0 saturated carbocycles. The number of hydrogen-bond acceptors (Lipinski definition) is 8. The molecule has 1 aromatic carbocycles. The average Bonchev–Trinajstić information content (AvgIpc) is 3.01. The summed E-state index contributed by atoms with van der Waals surface area (Å²) in [6, 6.07) is 5.79. The van der Waals surface area contributed by atoms with Gasteiger partial charge >= 0.3 is 13.5 Å². The standard InChI is InChI=1S/C16H20N3O8P/c1-9-7-19(16(22)18-15(9)21)14-6-12(13(8-20)25-14)27-28(23,24)26-11-4-2-10(17)3-5-11/h2-5,7,12-14,20H,6,8,17H2,1H3,(H,23,24)(H,18,21,22)/t12-,13+,14+/m0/s1. The molecule has 1 fully saturated rings. The summed E-state index contributed by atoms with van der Waals surface area (Å²) < 4.78 is 29.2. The number of nitrogens with two attached hydrogens (primary N) is 1. The highest BCUT2D eigenvalue weighted by Gasteiger charge is 2.42. The van der Waals surface area contributed by atoms with Crippen molar-refractivity contribution in [1.29, 1.82) is 0 Å². The molecule has 1 aromatic heterocycles. The predicted molar refractivity (Wildman–Crippen MR) is 97.9 cm³/mol. The summed E-state index contributed by atoms with van der Waals surface area (Å²) in [4.78, 5) is 35.7. The lowest BCUT2D eigenvalue weighted by Crippen LogP contribution is -2.33. The van der Waals surface area contributed by atoms with Crippen LogP contribution < -0.4 is 21.5 Å². The van der Waals surface area contributed by atoms with Crippen LogP contribution in [0.1, 0.15) is 18.2 Å². The topological polar surface area (TPSA) is 166 Å². The number of phosphoric acid groups is 1. The van der Waals surface area contributed by atoms with E-state index in [1.807, 2.05) is 0 Å². The largest absolute Gasteiger partial charge is 0.527 e. The van der Waals surface area contributed by atoms with E-state index in [2.05, 4.69) is 4.98 Å². The lowest BCUT2D eigenvalue weighted by atomic mass is 10.2. The molecule has 1 aliphatic heterocycles. The van der Waals surface area contributed by atoms with E-state index in [9.17, 15) is 24.2 Å². The number of aryl methyl sites for hydroxylation is 1. The van der Waals surface area contributed by atoms with E-state index >= 15 is 0 Å². The van der Waals surface area contributed by atoms with Gasteiger partial charge < -0.3 is 20.1 Å². The number of aromatic amines is 1. The van der Waals surface area contributed by atoms with Gasteiger partial charge in [-0.1, -0.05) is 0 Å². The summed E-state index contributed by atoms with van der Waals surface area (Å²) in [6.07, 6.45) is -1.61. The van der Waals surface area contributed by atoms with Crippen LogP contribution in [-0.2, 0) is 13.8 Å². The third kappa shape index (κ3) is 4.51. The van der Waals surface area contributed by atoms with Crippen LogP contribution >= 0.6 is 7.82 Å². The summed E-state index contributed by atoms with van der Waals surface area (Å²) >= 11 is 0. The van der Waals surface area contributed by atoms with Crippen LogP contribution in [0.25, 0.3) is 0 Å². The number of nitrogens with zero attached hydrogens (tertiary/aromatic N) is 1. The minimum atomic E-state index is -4.55. The van der Waals surface area contributed by atoms with Gasteiger partial charge in [-0.05, 0) is 31.2 Å². The number of aliphatic hydroxyl groups excluding tert-OH is 1. The molecular formula is C16H20N3O8P. The zero-order valence-electron chi connectivity index (χ0n) is 14.8. The Balaban J connectivity index is 1.76. The molecule has 28 heavy (non-hydrogen) atoms. The van der Waals surface area contributed by atoms with Crippen molar-refractivity contribution in [3.8, 4) is 5.75 Å². The molecule has 1 saturated heterocycles. The Kier molecular flexibility index (Phi) is 5.73. The minimum absolute atomic E-state index is 0.0216. The molecule has 0 bridgehead atoms. The van der Waals surface area contributed by atoms with Crippen LogP contribution in [0.5, 0.6) is 5.75 Å². The first-order valence-electron chi connectivity index (χ1n) is 8.33. The molecule has 1 unspecified atom stereocenters. The van der Waals surface area contributed by atoms with E-state index in [4.69, 9.17) is 19.5 Å². The Morgan fingerprint density at radius 2 is 2.04 bits per heavy atom. The van der Waals surface area contributed by atoms with Crippen LogP contribution in [0, 0.1) is 6.92 Å². The Labute approximate surface area is 158 Å². The van der Waals surface area contributed by atoms with Gasteiger partial charge in [0.2, 0.25) is 0 Å². The second kappa shape index (κ2) is 7.90. The van der Waals surface area contributed by atoms with Crippen molar-refractivity contribution in [3.63, 3.8) is 0 Å². The highest BCUT2D eigenvalue weighted by Crippen LogP contribution is 2.48. The number of anilines is 1. The van der Waals surface area contributed by atoms with Gasteiger partial charge in [0.15, 0.2) is 0 Å². The maximum absolute atomic E-state index is 12.3. The number of H-pyrrole nitrogens is 1. The van der Waals surface area contributed by atoms with Gasteiger partial charge in [0.25, 0.3) is 5.56 Å². The van der Waals surface area contributed by atoms with E-state index in [0.717, 1.165) is 4.57 Å². The third-order valence-electron chi connectivity index (χ3n) is 4.19. The van der Waals surface area contributed by atoms with Crippen molar-refractivity contribution in [3.05, 3.63) is 56.9 Å². The minimum Gasteiger partial charge on any atom is -0.404 e. The smallest absolute Gasteiger partial charge is 0.404 e. The fraction of sp³-hybridized carbons (Fsp3) is 0.375. The fourth-order valence-electron chi connectivity index (χ4n) is 2.80. The van der Waals surface area contributed by atoms with Crippen LogP contribution in [0.15, 0.2) is 40.1 Å². The number of ether oxygens (including phenoxy) is 1. The lowest BCUT2D eigenvalue weighted by molar-refractivity contribution is -0.0450. The quantitative estimate of drug-likeness (QED) is 0.384. The molecular weight excluding hydrogens is 393 g/mol. The van der Waals surface area contributed by atoms with Crippen LogP contribution in [0.3, 0.4) is 0 Å². The number of benzene rings is 1.